The predicted octanol–water partition coefficient (Wildman–Crippen LogP) is 3.43. The van der Waals surface area contributed by atoms with Crippen LogP contribution in [-0.4, -0.2) is 34.7 Å². The monoisotopic (exact) mass is 451 g/mol. The first-order chi connectivity index (χ1) is 15.9. The molecule has 1 aliphatic rings. The average molecular weight is 451 g/mol. The zero-order valence-corrected chi connectivity index (χ0v) is 18.0. The number of nitro benzene ring substituents is 1. The molecule has 1 saturated heterocycles. The number of pyridine rings is 1. The van der Waals surface area contributed by atoms with Gasteiger partial charge in [-0.3, -0.25) is 19.7 Å². The van der Waals surface area contributed by atoms with E-state index in [1.54, 1.807) is 10.6 Å². The Kier molecular flexibility index (Phi) is 6.16. The Morgan fingerprint density at radius 1 is 1.24 bits per heavy atom. The third-order valence-electron chi connectivity index (χ3n) is 5.66. The Bertz CT molecular complexity index is 1310. The van der Waals surface area contributed by atoms with Gasteiger partial charge in [-0.05, 0) is 49.6 Å². The number of fused-ring (bicyclic) bond motifs is 1. The Hall–Kier alpha value is -4.08. The van der Waals surface area contributed by atoms with Crippen molar-refractivity contribution >= 4 is 34.4 Å². The van der Waals surface area contributed by atoms with Gasteiger partial charge in [0.2, 0.25) is 5.43 Å². The number of rotatable bonds is 6. The number of hydrogen-bond acceptors (Lipinski definition) is 6. The summed E-state index contributed by atoms with van der Waals surface area (Å²) in [6.45, 7) is 3.89. The number of amides is 1. The van der Waals surface area contributed by atoms with Gasteiger partial charge in [0.05, 0.1) is 22.3 Å². The van der Waals surface area contributed by atoms with Crippen molar-refractivity contribution in [1.82, 2.24) is 9.99 Å². The van der Waals surface area contributed by atoms with E-state index in [9.17, 15) is 24.1 Å². The lowest BCUT2D eigenvalue weighted by atomic mass is 10.1. The molecule has 2 heterocycles. The minimum Gasteiger partial charge on any atom is -0.369 e. The minimum absolute atomic E-state index is 0.0624. The number of hydrazone groups is 1. The quantitative estimate of drug-likeness (QED) is 0.351. The number of nitrogens with one attached hydrogen (secondary N) is 1. The van der Waals surface area contributed by atoms with E-state index in [0.29, 0.717) is 23.3 Å². The Balaban J connectivity index is 1.62. The maximum atomic E-state index is 14.8. The van der Waals surface area contributed by atoms with E-state index in [1.807, 2.05) is 11.8 Å². The van der Waals surface area contributed by atoms with E-state index >= 15 is 0 Å². The van der Waals surface area contributed by atoms with Crippen LogP contribution in [0.1, 0.15) is 35.7 Å². The molecule has 1 N–H and O–H groups in total. The number of nitro groups is 1. The number of anilines is 1. The summed E-state index contributed by atoms with van der Waals surface area (Å²) >= 11 is 0. The highest BCUT2D eigenvalue weighted by Gasteiger charge is 2.21. The van der Waals surface area contributed by atoms with Gasteiger partial charge in [0.1, 0.15) is 11.4 Å². The van der Waals surface area contributed by atoms with Crippen molar-refractivity contribution in [1.29, 1.82) is 0 Å². The van der Waals surface area contributed by atoms with E-state index in [2.05, 4.69) is 10.5 Å². The van der Waals surface area contributed by atoms with Crippen LogP contribution in [0.4, 0.5) is 15.8 Å². The number of hydrogen-bond donors (Lipinski definition) is 1. The second kappa shape index (κ2) is 9.19. The molecule has 170 valence electrons. The number of aryl methyl sites for hydroxylation is 1. The van der Waals surface area contributed by atoms with E-state index in [-0.39, 0.29) is 16.6 Å². The van der Waals surface area contributed by atoms with Crippen LogP contribution in [0.5, 0.6) is 0 Å². The molecule has 0 atom stereocenters. The fourth-order valence-corrected chi connectivity index (χ4v) is 3.93. The molecule has 1 fully saturated rings. The molecule has 0 spiro atoms. The Morgan fingerprint density at radius 2 is 1.94 bits per heavy atom. The zero-order chi connectivity index (χ0) is 23.5. The van der Waals surface area contributed by atoms with Gasteiger partial charge < -0.3 is 9.47 Å². The summed E-state index contributed by atoms with van der Waals surface area (Å²) in [5, 5.41) is 14.7. The van der Waals surface area contributed by atoms with Gasteiger partial charge in [-0.25, -0.2) is 9.82 Å². The van der Waals surface area contributed by atoms with E-state index in [0.717, 1.165) is 25.9 Å². The number of aromatic nitrogens is 1. The molecule has 3 aromatic rings. The predicted molar refractivity (Wildman–Crippen MR) is 123 cm³/mol. The summed E-state index contributed by atoms with van der Waals surface area (Å²) in [4.78, 5) is 37.8. The van der Waals surface area contributed by atoms with Crippen molar-refractivity contribution in [3.05, 3.63) is 79.9 Å². The van der Waals surface area contributed by atoms with Gasteiger partial charge in [-0.15, -0.1) is 0 Å². The van der Waals surface area contributed by atoms with E-state index in [4.69, 9.17) is 0 Å². The lowest BCUT2D eigenvalue weighted by Crippen LogP contribution is -2.27. The summed E-state index contributed by atoms with van der Waals surface area (Å²) in [6.07, 6.45) is 4.76. The average Bonchev–Trinajstić information content (AvgIpc) is 3.34. The second-order valence-electron chi connectivity index (χ2n) is 7.72. The Labute approximate surface area is 188 Å². The van der Waals surface area contributed by atoms with Gasteiger partial charge >= 0.3 is 0 Å². The third kappa shape index (κ3) is 4.45. The highest BCUT2D eigenvalue weighted by atomic mass is 19.1. The number of non-ortho nitro benzene ring substituents is 1. The van der Waals surface area contributed by atoms with Crippen molar-refractivity contribution in [2.45, 2.75) is 26.3 Å². The summed E-state index contributed by atoms with van der Waals surface area (Å²) in [5.41, 5.74) is 3.06. The van der Waals surface area contributed by atoms with Crippen LogP contribution in [0.25, 0.3) is 10.9 Å². The van der Waals surface area contributed by atoms with Gasteiger partial charge in [0.25, 0.3) is 11.6 Å². The molecule has 0 radical (unpaired) electrons. The molecule has 0 saturated carbocycles. The number of carbonyl (C=O) groups is 1. The van der Waals surface area contributed by atoms with Crippen LogP contribution in [0.3, 0.4) is 0 Å². The Morgan fingerprint density at radius 3 is 2.58 bits per heavy atom. The number of halogens is 1. The SMILES string of the molecule is CCn1cc(C(=O)N/N=C/c2ccc([N+](=O)[O-])cc2)c(=O)c2cc(F)c(N3CCCC3)cc21. The van der Waals surface area contributed by atoms with Crippen molar-refractivity contribution < 1.29 is 14.1 Å². The summed E-state index contributed by atoms with van der Waals surface area (Å²) in [6, 6.07) is 8.47. The number of nitrogens with zero attached hydrogens (tertiary/aromatic N) is 4. The molecule has 0 unspecified atom stereocenters. The molecule has 1 amide bonds. The van der Waals surface area contributed by atoms with Crippen molar-refractivity contribution in [2.75, 3.05) is 18.0 Å². The number of carbonyl (C=O) groups excluding carboxylic acids is 1. The molecule has 10 heteroatoms. The molecule has 0 bridgehead atoms. The van der Waals surface area contributed by atoms with Crippen LogP contribution < -0.4 is 15.8 Å². The lowest BCUT2D eigenvalue weighted by Gasteiger charge is -2.20. The second-order valence-corrected chi connectivity index (χ2v) is 7.72. The van der Waals surface area contributed by atoms with Gasteiger partial charge in [0.15, 0.2) is 0 Å². The molecule has 2 aromatic carbocycles. The molecular formula is C23H22FN5O4. The molecule has 1 aromatic heterocycles. The maximum absolute atomic E-state index is 14.8. The largest absolute Gasteiger partial charge is 0.369 e. The van der Waals surface area contributed by atoms with Gasteiger partial charge in [-0.1, -0.05) is 0 Å². The first-order valence-corrected chi connectivity index (χ1v) is 10.6. The van der Waals surface area contributed by atoms with Crippen molar-refractivity contribution in [3.63, 3.8) is 0 Å². The molecule has 9 nitrogen and oxygen atoms in total. The normalized spacial score (nSPS) is 13.7. The third-order valence-corrected chi connectivity index (χ3v) is 5.66. The zero-order valence-electron chi connectivity index (χ0n) is 18.0. The highest BCUT2D eigenvalue weighted by Crippen LogP contribution is 2.28. The minimum atomic E-state index is -0.730. The topological polar surface area (TPSA) is 110 Å². The van der Waals surface area contributed by atoms with E-state index in [1.165, 1.54) is 42.7 Å². The van der Waals surface area contributed by atoms with Crippen molar-refractivity contribution in [2.24, 2.45) is 5.10 Å². The molecule has 33 heavy (non-hydrogen) atoms. The molecular weight excluding hydrogens is 429 g/mol. The van der Waals surface area contributed by atoms with Gasteiger partial charge in [-0.2, -0.15) is 5.10 Å². The maximum Gasteiger partial charge on any atom is 0.276 e. The van der Waals surface area contributed by atoms with Crippen molar-refractivity contribution in [3.8, 4) is 0 Å². The van der Waals surface area contributed by atoms with E-state index < -0.39 is 22.1 Å². The number of benzene rings is 2. The van der Waals surface area contributed by atoms with Crippen LogP contribution in [0.2, 0.25) is 0 Å². The molecule has 0 aliphatic carbocycles. The molecule has 1 aliphatic heterocycles. The highest BCUT2D eigenvalue weighted by molar-refractivity contribution is 5.98. The summed E-state index contributed by atoms with van der Waals surface area (Å²) in [7, 11) is 0. The first-order valence-electron chi connectivity index (χ1n) is 10.6. The summed E-state index contributed by atoms with van der Waals surface area (Å²) in [5.74, 6) is -1.22. The van der Waals surface area contributed by atoms with Gasteiger partial charge in [0, 0.05) is 43.4 Å². The van der Waals surface area contributed by atoms with Crippen LogP contribution in [0, 0.1) is 15.9 Å². The van der Waals surface area contributed by atoms with Crippen LogP contribution >= 0.6 is 0 Å². The summed E-state index contributed by atoms with van der Waals surface area (Å²) < 4.78 is 16.6. The van der Waals surface area contributed by atoms with Crippen LogP contribution in [0.15, 0.2) is 52.5 Å². The lowest BCUT2D eigenvalue weighted by molar-refractivity contribution is -0.384. The first kappa shape index (κ1) is 22.1. The molecule has 4 rings (SSSR count). The smallest absolute Gasteiger partial charge is 0.276 e. The fourth-order valence-electron chi connectivity index (χ4n) is 3.93. The standard InChI is InChI=1S/C23H22FN5O4/c1-2-27-14-18(23(31)26-25-13-15-5-7-16(8-6-15)29(32)33)22(30)17-11-19(24)21(12-20(17)27)28-9-3-4-10-28/h5-8,11-14H,2-4,9-10H2,1H3,(H,26,31)/b25-13+. The fraction of sp³-hybridized carbons (Fsp3) is 0.261. The van der Waals surface area contributed by atoms with Crippen LogP contribution in [-0.2, 0) is 6.54 Å².